The third-order valence-corrected chi connectivity index (χ3v) is 3.75. The van der Waals surface area contributed by atoms with E-state index < -0.39 is 36.0 Å². The first-order valence-electron chi connectivity index (χ1n) is 8.81. The van der Waals surface area contributed by atoms with Gasteiger partial charge in [0.1, 0.15) is 5.82 Å². The van der Waals surface area contributed by atoms with E-state index in [4.69, 9.17) is 4.74 Å². The standard InChI is InChI=1S/C20H18F4N2O4/c21-14-7-9-15(10-8-14)25-17(27)5-2-6-19(29)30-12-18(28)26-16-4-1-3-13(11-16)20(22,23)24/h1,3-4,7-11H,2,5-6,12H2,(H,25,27)(H,26,28). The van der Waals surface area contributed by atoms with Gasteiger partial charge < -0.3 is 15.4 Å². The predicted octanol–water partition coefficient (Wildman–Crippen LogP) is 4.14. The second kappa shape index (κ2) is 10.4. The fraction of sp³-hybridized carbons (Fsp3) is 0.250. The quantitative estimate of drug-likeness (QED) is 0.491. The number of amides is 2. The Balaban J connectivity index is 1.67. The summed E-state index contributed by atoms with van der Waals surface area (Å²) >= 11 is 0. The van der Waals surface area contributed by atoms with Gasteiger partial charge in [-0.15, -0.1) is 0 Å². The molecule has 0 unspecified atom stereocenters. The summed E-state index contributed by atoms with van der Waals surface area (Å²) in [6.45, 7) is -0.670. The van der Waals surface area contributed by atoms with Crippen molar-refractivity contribution in [2.45, 2.75) is 25.4 Å². The largest absolute Gasteiger partial charge is 0.456 e. The third-order valence-electron chi connectivity index (χ3n) is 3.75. The number of anilines is 2. The highest BCUT2D eigenvalue weighted by Gasteiger charge is 2.30. The Bertz CT molecular complexity index is 898. The topological polar surface area (TPSA) is 84.5 Å². The summed E-state index contributed by atoms with van der Waals surface area (Å²) in [5.41, 5.74) is -0.588. The molecule has 0 aliphatic heterocycles. The van der Waals surface area contributed by atoms with Crippen LogP contribution in [0.4, 0.5) is 28.9 Å². The van der Waals surface area contributed by atoms with Crippen molar-refractivity contribution in [2.24, 2.45) is 0 Å². The van der Waals surface area contributed by atoms with Gasteiger partial charge in [0, 0.05) is 24.2 Å². The first-order valence-corrected chi connectivity index (χ1v) is 8.81. The lowest BCUT2D eigenvalue weighted by Crippen LogP contribution is -2.21. The van der Waals surface area contributed by atoms with Gasteiger partial charge in [-0.25, -0.2) is 4.39 Å². The molecule has 2 amide bonds. The van der Waals surface area contributed by atoms with Gasteiger partial charge in [0.25, 0.3) is 5.91 Å². The number of nitrogens with one attached hydrogen (secondary N) is 2. The first kappa shape index (κ1) is 22.9. The van der Waals surface area contributed by atoms with Gasteiger partial charge in [0.2, 0.25) is 5.91 Å². The third kappa shape index (κ3) is 7.90. The molecule has 0 bridgehead atoms. The molecule has 0 aliphatic rings. The maximum Gasteiger partial charge on any atom is 0.416 e. The maximum absolute atomic E-state index is 12.8. The SMILES string of the molecule is O=C(CCCC(=O)OCC(=O)Nc1cccc(C(F)(F)F)c1)Nc1ccc(F)cc1. The number of rotatable bonds is 8. The summed E-state index contributed by atoms with van der Waals surface area (Å²) in [6.07, 6.45) is -4.52. The van der Waals surface area contributed by atoms with Crippen LogP contribution < -0.4 is 10.6 Å². The lowest BCUT2D eigenvalue weighted by atomic mass is 10.2. The van der Waals surface area contributed by atoms with Crippen LogP contribution in [-0.2, 0) is 25.3 Å². The highest BCUT2D eigenvalue weighted by Crippen LogP contribution is 2.30. The van der Waals surface area contributed by atoms with Gasteiger partial charge in [-0.2, -0.15) is 13.2 Å². The molecule has 2 aromatic carbocycles. The number of alkyl halides is 3. The van der Waals surface area contributed by atoms with Gasteiger partial charge in [0.05, 0.1) is 5.56 Å². The van der Waals surface area contributed by atoms with E-state index in [9.17, 15) is 31.9 Å². The summed E-state index contributed by atoms with van der Waals surface area (Å²) < 4.78 is 55.5. The fourth-order valence-electron chi connectivity index (χ4n) is 2.34. The molecular weight excluding hydrogens is 408 g/mol. The van der Waals surface area contributed by atoms with E-state index in [0.29, 0.717) is 5.69 Å². The molecule has 0 atom stereocenters. The molecule has 0 heterocycles. The molecule has 10 heteroatoms. The number of benzene rings is 2. The minimum Gasteiger partial charge on any atom is -0.456 e. The molecule has 0 aliphatic carbocycles. The van der Waals surface area contributed by atoms with Crippen molar-refractivity contribution in [1.82, 2.24) is 0 Å². The van der Waals surface area contributed by atoms with Crippen molar-refractivity contribution in [1.29, 1.82) is 0 Å². The highest BCUT2D eigenvalue weighted by molar-refractivity contribution is 5.93. The van der Waals surface area contributed by atoms with E-state index in [1.165, 1.54) is 30.3 Å². The number of hydrogen-bond donors (Lipinski definition) is 2. The van der Waals surface area contributed by atoms with Crippen molar-refractivity contribution < 1.29 is 36.7 Å². The Morgan fingerprint density at radius 3 is 2.20 bits per heavy atom. The van der Waals surface area contributed by atoms with Crippen LogP contribution in [0.5, 0.6) is 0 Å². The number of carbonyl (C=O) groups excluding carboxylic acids is 3. The normalized spacial score (nSPS) is 10.9. The average molecular weight is 426 g/mol. The molecule has 2 rings (SSSR count). The Kier molecular flexibility index (Phi) is 7.90. The first-order chi connectivity index (χ1) is 14.1. The molecule has 0 saturated carbocycles. The van der Waals surface area contributed by atoms with E-state index in [2.05, 4.69) is 10.6 Å². The van der Waals surface area contributed by atoms with Gasteiger partial charge >= 0.3 is 12.1 Å². The van der Waals surface area contributed by atoms with Crippen LogP contribution in [0, 0.1) is 5.82 Å². The minimum atomic E-state index is -4.55. The van der Waals surface area contributed by atoms with Crippen molar-refractivity contribution in [3.63, 3.8) is 0 Å². The summed E-state index contributed by atoms with van der Waals surface area (Å²) in [5, 5.41) is 4.74. The molecular formula is C20H18F4N2O4. The number of hydrogen-bond acceptors (Lipinski definition) is 4. The van der Waals surface area contributed by atoms with Crippen LogP contribution >= 0.6 is 0 Å². The molecule has 0 spiro atoms. The average Bonchev–Trinajstić information content (AvgIpc) is 2.68. The molecule has 2 aromatic rings. The summed E-state index contributed by atoms with van der Waals surface area (Å²) in [5.74, 6) is -2.34. The second-order valence-corrected chi connectivity index (χ2v) is 6.20. The zero-order valence-electron chi connectivity index (χ0n) is 15.6. The monoisotopic (exact) mass is 426 g/mol. The molecule has 30 heavy (non-hydrogen) atoms. The van der Waals surface area contributed by atoms with Crippen molar-refractivity contribution in [2.75, 3.05) is 17.2 Å². The zero-order valence-corrected chi connectivity index (χ0v) is 15.6. The molecule has 6 nitrogen and oxygen atoms in total. The lowest BCUT2D eigenvalue weighted by molar-refractivity contribution is -0.147. The van der Waals surface area contributed by atoms with Crippen LogP contribution in [-0.4, -0.2) is 24.4 Å². The van der Waals surface area contributed by atoms with E-state index in [1.807, 2.05) is 0 Å². The predicted molar refractivity (Wildman–Crippen MR) is 99.9 cm³/mol. The summed E-state index contributed by atoms with van der Waals surface area (Å²) in [7, 11) is 0. The highest BCUT2D eigenvalue weighted by atomic mass is 19.4. The van der Waals surface area contributed by atoms with Gasteiger partial charge in [-0.05, 0) is 48.9 Å². The molecule has 0 saturated heterocycles. The van der Waals surface area contributed by atoms with E-state index in [1.54, 1.807) is 0 Å². The van der Waals surface area contributed by atoms with Crippen LogP contribution in [0.2, 0.25) is 0 Å². The van der Waals surface area contributed by atoms with Gasteiger partial charge in [0.15, 0.2) is 6.61 Å². The number of esters is 1. The lowest BCUT2D eigenvalue weighted by Gasteiger charge is -2.10. The van der Waals surface area contributed by atoms with E-state index >= 15 is 0 Å². The van der Waals surface area contributed by atoms with Crippen LogP contribution in [0.25, 0.3) is 0 Å². The molecule has 2 N–H and O–H groups in total. The Morgan fingerprint density at radius 2 is 1.53 bits per heavy atom. The van der Waals surface area contributed by atoms with Crippen LogP contribution in [0.3, 0.4) is 0 Å². The smallest absolute Gasteiger partial charge is 0.416 e. The van der Waals surface area contributed by atoms with Gasteiger partial charge in [-0.1, -0.05) is 6.07 Å². The fourth-order valence-corrected chi connectivity index (χ4v) is 2.34. The summed E-state index contributed by atoms with van der Waals surface area (Å²) in [4.78, 5) is 35.1. The van der Waals surface area contributed by atoms with E-state index in [0.717, 1.165) is 18.2 Å². The molecule has 0 fully saturated rings. The number of ether oxygens (including phenoxy) is 1. The van der Waals surface area contributed by atoms with E-state index in [-0.39, 0.29) is 30.9 Å². The van der Waals surface area contributed by atoms with Crippen molar-refractivity contribution in [3.8, 4) is 0 Å². The second-order valence-electron chi connectivity index (χ2n) is 6.20. The van der Waals surface area contributed by atoms with Crippen LogP contribution in [0.15, 0.2) is 48.5 Å². The Morgan fingerprint density at radius 1 is 0.867 bits per heavy atom. The molecule has 160 valence electrons. The van der Waals surface area contributed by atoms with Crippen LogP contribution in [0.1, 0.15) is 24.8 Å². The molecule has 0 radical (unpaired) electrons. The van der Waals surface area contributed by atoms with Crippen molar-refractivity contribution >= 4 is 29.2 Å². The maximum atomic E-state index is 12.8. The number of halogens is 4. The Hall–Kier alpha value is -3.43. The number of carbonyl (C=O) groups is 3. The Labute approximate surface area is 169 Å². The zero-order chi connectivity index (χ0) is 22.1. The van der Waals surface area contributed by atoms with Crippen molar-refractivity contribution in [3.05, 3.63) is 59.9 Å². The van der Waals surface area contributed by atoms with Gasteiger partial charge in [-0.3, -0.25) is 14.4 Å². The minimum absolute atomic E-state index is 0.00288. The molecule has 0 aromatic heterocycles. The summed E-state index contributed by atoms with van der Waals surface area (Å²) in [6, 6.07) is 9.21.